The van der Waals surface area contributed by atoms with E-state index < -0.39 is 5.91 Å². The van der Waals surface area contributed by atoms with Gasteiger partial charge in [0.05, 0.1) is 11.6 Å². The average molecular weight is 443 g/mol. The molecule has 1 saturated heterocycles. The summed E-state index contributed by atoms with van der Waals surface area (Å²) in [5.74, 6) is 0.737. The van der Waals surface area contributed by atoms with Crippen LogP contribution in [0.3, 0.4) is 0 Å². The van der Waals surface area contributed by atoms with Crippen molar-refractivity contribution >= 4 is 11.9 Å². The van der Waals surface area contributed by atoms with Crippen LogP contribution >= 0.6 is 0 Å². The van der Waals surface area contributed by atoms with Crippen molar-refractivity contribution in [2.24, 2.45) is 5.73 Å². The van der Waals surface area contributed by atoms with Gasteiger partial charge in [-0.1, -0.05) is 24.3 Å². The van der Waals surface area contributed by atoms with Crippen LogP contribution in [0.5, 0.6) is 5.88 Å². The standard InChI is InChI=1S/C25H26N6O2/c1-30-10-12-31(13-11-30)25-28-16-22(14-18-6-8-21(9-7-18)23(27)32)24(29-25)33-17-20-4-2-19(15-26)3-5-20/h2-9,16H,10-14,17H2,1H3,(H2,27,32). The molecule has 2 N–H and O–H groups in total. The van der Waals surface area contributed by atoms with Crippen LogP contribution in [0.2, 0.25) is 0 Å². The number of likely N-dealkylation sites (N-methyl/N-ethyl adjacent to an activating group) is 1. The molecule has 4 rings (SSSR count). The molecule has 3 aromatic rings. The molecule has 33 heavy (non-hydrogen) atoms. The Morgan fingerprint density at radius 1 is 1.06 bits per heavy atom. The fourth-order valence-corrected chi connectivity index (χ4v) is 3.62. The second-order valence-electron chi connectivity index (χ2n) is 8.13. The molecule has 0 radical (unpaired) electrons. The van der Waals surface area contributed by atoms with Gasteiger partial charge in [0.2, 0.25) is 17.7 Å². The van der Waals surface area contributed by atoms with E-state index in [0.29, 0.717) is 36.0 Å². The number of nitrogens with two attached hydrogens (primary N) is 1. The van der Waals surface area contributed by atoms with Crippen molar-refractivity contribution in [3.8, 4) is 11.9 Å². The third-order valence-corrected chi connectivity index (χ3v) is 5.69. The summed E-state index contributed by atoms with van der Waals surface area (Å²) in [4.78, 5) is 25.2. The van der Waals surface area contributed by atoms with Gasteiger partial charge in [-0.15, -0.1) is 0 Å². The van der Waals surface area contributed by atoms with E-state index in [2.05, 4.69) is 27.9 Å². The van der Waals surface area contributed by atoms with Gasteiger partial charge in [-0.05, 0) is 42.4 Å². The normalized spacial score (nSPS) is 14.0. The summed E-state index contributed by atoms with van der Waals surface area (Å²) in [6.45, 7) is 3.97. The van der Waals surface area contributed by atoms with Crippen molar-refractivity contribution in [1.29, 1.82) is 5.26 Å². The molecule has 0 atom stereocenters. The fraction of sp³-hybridized carbons (Fsp3) is 0.280. The monoisotopic (exact) mass is 442 g/mol. The highest BCUT2D eigenvalue weighted by Gasteiger charge is 2.19. The van der Waals surface area contributed by atoms with Gasteiger partial charge in [-0.25, -0.2) is 4.98 Å². The van der Waals surface area contributed by atoms with Crippen molar-refractivity contribution in [2.75, 3.05) is 38.1 Å². The minimum atomic E-state index is -0.451. The SMILES string of the molecule is CN1CCN(c2ncc(Cc3ccc(C(N)=O)cc3)c(OCc3ccc(C#N)cc3)n2)CC1. The highest BCUT2D eigenvalue weighted by Crippen LogP contribution is 2.24. The second-order valence-corrected chi connectivity index (χ2v) is 8.13. The first-order chi connectivity index (χ1) is 16.0. The lowest BCUT2D eigenvalue weighted by molar-refractivity contribution is 0.100. The van der Waals surface area contributed by atoms with E-state index >= 15 is 0 Å². The highest BCUT2D eigenvalue weighted by molar-refractivity contribution is 5.92. The summed E-state index contributed by atoms with van der Waals surface area (Å²) < 4.78 is 6.14. The Kier molecular flexibility index (Phi) is 6.81. The number of aromatic nitrogens is 2. The minimum absolute atomic E-state index is 0.332. The molecule has 1 fully saturated rings. The number of carbonyl (C=O) groups is 1. The third-order valence-electron chi connectivity index (χ3n) is 5.69. The van der Waals surface area contributed by atoms with Gasteiger partial charge < -0.3 is 20.3 Å². The molecule has 1 aromatic heterocycles. The molecule has 0 saturated carbocycles. The molecule has 0 aliphatic carbocycles. The molecular weight excluding hydrogens is 416 g/mol. The summed E-state index contributed by atoms with van der Waals surface area (Å²) in [7, 11) is 2.11. The predicted octanol–water partition coefficient (Wildman–Crippen LogP) is 2.37. The number of hydrogen-bond donors (Lipinski definition) is 1. The van der Waals surface area contributed by atoms with Gasteiger partial charge in [0.1, 0.15) is 6.61 Å². The molecule has 0 bridgehead atoms. The summed E-state index contributed by atoms with van der Waals surface area (Å²) in [5, 5.41) is 9.00. The molecule has 0 spiro atoms. The molecule has 168 valence electrons. The van der Waals surface area contributed by atoms with Crippen LogP contribution in [0, 0.1) is 11.3 Å². The molecular formula is C25H26N6O2. The molecule has 1 aliphatic rings. The Morgan fingerprint density at radius 3 is 2.36 bits per heavy atom. The van der Waals surface area contributed by atoms with Crippen LogP contribution in [0.1, 0.15) is 32.6 Å². The number of anilines is 1. The first-order valence-electron chi connectivity index (χ1n) is 10.8. The largest absolute Gasteiger partial charge is 0.472 e. The lowest BCUT2D eigenvalue weighted by atomic mass is 10.1. The molecule has 2 aromatic carbocycles. The third kappa shape index (κ3) is 5.64. The van der Waals surface area contributed by atoms with E-state index in [0.717, 1.165) is 42.9 Å². The van der Waals surface area contributed by atoms with Crippen molar-refractivity contribution in [3.63, 3.8) is 0 Å². The number of nitrogens with zero attached hydrogens (tertiary/aromatic N) is 5. The number of hydrogen-bond acceptors (Lipinski definition) is 7. The lowest BCUT2D eigenvalue weighted by Crippen LogP contribution is -2.45. The topological polar surface area (TPSA) is 108 Å². The van der Waals surface area contributed by atoms with Gasteiger partial charge in [-0.3, -0.25) is 4.79 Å². The first kappa shape index (κ1) is 22.2. The van der Waals surface area contributed by atoms with Gasteiger partial charge in [0, 0.05) is 49.9 Å². The summed E-state index contributed by atoms with van der Waals surface area (Å²) in [6.07, 6.45) is 2.38. The maximum Gasteiger partial charge on any atom is 0.248 e. The van der Waals surface area contributed by atoms with E-state index in [9.17, 15) is 4.79 Å². The zero-order valence-electron chi connectivity index (χ0n) is 18.6. The van der Waals surface area contributed by atoms with Gasteiger partial charge in [0.25, 0.3) is 0 Å². The van der Waals surface area contributed by atoms with E-state index in [4.69, 9.17) is 20.7 Å². The zero-order chi connectivity index (χ0) is 23.2. The average Bonchev–Trinajstić information content (AvgIpc) is 2.84. The highest BCUT2D eigenvalue weighted by atomic mass is 16.5. The van der Waals surface area contributed by atoms with Crippen molar-refractivity contribution < 1.29 is 9.53 Å². The number of rotatable bonds is 7. The quantitative estimate of drug-likeness (QED) is 0.598. The number of benzene rings is 2. The maximum atomic E-state index is 11.3. The number of ether oxygens (including phenoxy) is 1. The number of nitriles is 1. The number of primary amides is 1. The van der Waals surface area contributed by atoms with E-state index in [-0.39, 0.29) is 0 Å². The number of amides is 1. The van der Waals surface area contributed by atoms with Gasteiger partial charge in [-0.2, -0.15) is 10.2 Å². The van der Waals surface area contributed by atoms with Gasteiger partial charge >= 0.3 is 0 Å². The summed E-state index contributed by atoms with van der Waals surface area (Å²) in [5.41, 5.74) is 9.23. The second kappa shape index (κ2) is 10.1. The molecule has 1 amide bonds. The van der Waals surface area contributed by atoms with Crippen LogP contribution in [-0.4, -0.2) is 54.0 Å². The van der Waals surface area contributed by atoms with Gasteiger partial charge in [0.15, 0.2) is 0 Å². The van der Waals surface area contributed by atoms with Crippen LogP contribution in [-0.2, 0) is 13.0 Å². The summed E-state index contributed by atoms with van der Waals surface area (Å²) in [6, 6.07) is 16.6. The van der Waals surface area contributed by atoms with Crippen LogP contribution in [0.15, 0.2) is 54.7 Å². The number of piperazine rings is 1. The van der Waals surface area contributed by atoms with Crippen LogP contribution in [0.4, 0.5) is 5.95 Å². The van der Waals surface area contributed by atoms with Crippen molar-refractivity contribution in [3.05, 3.63) is 82.5 Å². The van der Waals surface area contributed by atoms with E-state index in [1.807, 2.05) is 30.5 Å². The maximum absolute atomic E-state index is 11.3. The lowest BCUT2D eigenvalue weighted by Gasteiger charge is -2.32. The Bertz CT molecular complexity index is 1150. The Labute approximate surface area is 193 Å². The van der Waals surface area contributed by atoms with Crippen LogP contribution < -0.4 is 15.4 Å². The zero-order valence-corrected chi connectivity index (χ0v) is 18.6. The molecule has 2 heterocycles. The van der Waals surface area contributed by atoms with Crippen molar-refractivity contribution in [1.82, 2.24) is 14.9 Å². The molecule has 8 heteroatoms. The predicted molar refractivity (Wildman–Crippen MR) is 125 cm³/mol. The summed E-state index contributed by atoms with van der Waals surface area (Å²) >= 11 is 0. The molecule has 0 unspecified atom stereocenters. The first-order valence-corrected chi connectivity index (χ1v) is 10.8. The van der Waals surface area contributed by atoms with Crippen LogP contribution in [0.25, 0.3) is 0 Å². The number of carbonyl (C=O) groups excluding carboxylic acids is 1. The smallest absolute Gasteiger partial charge is 0.248 e. The fourth-order valence-electron chi connectivity index (χ4n) is 3.62. The molecule has 8 nitrogen and oxygen atoms in total. The Hall–Kier alpha value is -3.96. The molecule has 1 aliphatic heterocycles. The van der Waals surface area contributed by atoms with E-state index in [1.165, 1.54) is 0 Å². The van der Waals surface area contributed by atoms with E-state index in [1.54, 1.807) is 24.3 Å². The Morgan fingerprint density at radius 2 is 1.73 bits per heavy atom. The van der Waals surface area contributed by atoms with Crippen molar-refractivity contribution in [2.45, 2.75) is 13.0 Å². The minimum Gasteiger partial charge on any atom is -0.472 e. The Balaban J connectivity index is 1.56.